The lowest BCUT2D eigenvalue weighted by molar-refractivity contribution is -0.134. The highest BCUT2D eigenvalue weighted by molar-refractivity contribution is 7.89. The average Bonchev–Trinajstić information content (AvgIpc) is 2.97. The van der Waals surface area contributed by atoms with Gasteiger partial charge in [0, 0.05) is 44.6 Å². The Morgan fingerprint density at radius 1 is 1.00 bits per heavy atom. The van der Waals surface area contributed by atoms with Crippen molar-refractivity contribution >= 4 is 27.5 Å². The molecule has 10 heteroatoms. The molecule has 0 bridgehead atoms. The predicted octanol–water partition coefficient (Wildman–Crippen LogP) is 5.26. The predicted molar refractivity (Wildman–Crippen MR) is 154 cm³/mol. The maximum Gasteiger partial charge on any atom is 0.246 e. The van der Waals surface area contributed by atoms with E-state index in [1.165, 1.54) is 30.7 Å². The van der Waals surface area contributed by atoms with E-state index in [4.69, 9.17) is 25.8 Å². The van der Waals surface area contributed by atoms with Crippen LogP contribution in [-0.2, 0) is 21.4 Å². The highest BCUT2D eigenvalue weighted by atomic mass is 35.5. The number of sulfonamides is 1. The van der Waals surface area contributed by atoms with Gasteiger partial charge in [0.05, 0.1) is 25.8 Å². The monoisotopic (exact) mass is 586 g/mol. The van der Waals surface area contributed by atoms with Gasteiger partial charge in [-0.1, -0.05) is 60.1 Å². The van der Waals surface area contributed by atoms with E-state index >= 15 is 0 Å². The first-order valence-electron chi connectivity index (χ1n) is 13.0. The Balaban J connectivity index is 1.62. The molecule has 0 aliphatic carbocycles. The van der Waals surface area contributed by atoms with Gasteiger partial charge in [-0.05, 0) is 36.6 Å². The van der Waals surface area contributed by atoms with Gasteiger partial charge in [-0.3, -0.25) is 4.79 Å². The van der Waals surface area contributed by atoms with E-state index in [1.807, 2.05) is 60.7 Å². The summed E-state index contributed by atoms with van der Waals surface area (Å²) in [5.41, 5.74) is 0.274. The summed E-state index contributed by atoms with van der Waals surface area (Å²) in [5.74, 6) is 1.03. The number of carbonyl (C=O) groups excluding carboxylic acids is 1. The van der Waals surface area contributed by atoms with Crippen molar-refractivity contribution in [3.63, 3.8) is 0 Å². The van der Waals surface area contributed by atoms with Gasteiger partial charge >= 0.3 is 0 Å². The fraction of sp³-hybridized carbons (Fsp3) is 0.367. The summed E-state index contributed by atoms with van der Waals surface area (Å²) in [4.78, 5) is 15.2. The van der Waals surface area contributed by atoms with Gasteiger partial charge in [0.25, 0.3) is 0 Å². The Morgan fingerprint density at radius 3 is 2.30 bits per heavy atom. The molecule has 0 saturated carbocycles. The molecule has 0 aromatic heterocycles. The molecular formula is C30H35ClN2O6S. The molecule has 0 unspecified atom stereocenters. The van der Waals surface area contributed by atoms with Crippen LogP contribution in [0.1, 0.15) is 24.8 Å². The number of piperidine rings is 1. The SMILES string of the molecule is COc1cc(OC)c(S(=O)(=O)N2CCC[C@](COc3ccccc3)(CC(=O)N(C)Cc3ccccc3)C2)cc1Cl. The molecule has 1 aliphatic rings. The minimum Gasteiger partial charge on any atom is -0.495 e. The third-order valence-corrected chi connectivity index (χ3v) is 9.35. The van der Waals surface area contributed by atoms with Gasteiger partial charge in [0.15, 0.2) is 0 Å². The number of amides is 1. The number of ether oxygens (including phenoxy) is 3. The number of para-hydroxylation sites is 1. The van der Waals surface area contributed by atoms with Gasteiger partial charge in [-0.2, -0.15) is 4.31 Å². The Bertz CT molecular complexity index is 1400. The van der Waals surface area contributed by atoms with Crippen LogP contribution in [0.15, 0.2) is 77.7 Å². The van der Waals surface area contributed by atoms with Gasteiger partial charge < -0.3 is 19.1 Å². The number of hydrogen-bond acceptors (Lipinski definition) is 6. The van der Waals surface area contributed by atoms with Crippen molar-refractivity contribution in [2.75, 3.05) is 41.0 Å². The normalized spacial score (nSPS) is 17.7. The van der Waals surface area contributed by atoms with E-state index < -0.39 is 15.4 Å². The maximum absolute atomic E-state index is 14.0. The zero-order valence-corrected chi connectivity index (χ0v) is 24.6. The van der Waals surface area contributed by atoms with E-state index in [1.54, 1.807) is 11.9 Å². The number of hydrogen-bond donors (Lipinski definition) is 0. The van der Waals surface area contributed by atoms with E-state index in [-0.39, 0.29) is 41.1 Å². The molecule has 1 heterocycles. The Hall–Kier alpha value is -3.27. The van der Waals surface area contributed by atoms with E-state index in [0.717, 1.165) is 5.56 Å². The summed E-state index contributed by atoms with van der Waals surface area (Å²) in [6, 6.07) is 21.9. The van der Waals surface area contributed by atoms with Crippen molar-refractivity contribution < 1.29 is 27.4 Å². The molecule has 3 aromatic rings. The van der Waals surface area contributed by atoms with Crippen molar-refractivity contribution in [1.82, 2.24) is 9.21 Å². The molecule has 1 aliphatic heterocycles. The second-order valence-corrected chi connectivity index (χ2v) is 12.4. The lowest BCUT2D eigenvalue weighted by atomic mass is 9.78. The molecule has 1 amide bonds. The van der Waals surface area contributed by atoms with Crippen molar-refractivity contribution in [3.05, 3.63) is 83.4 Å². The fourth-order valence-electron chi connectivity index (χ4n) is 5.01. The molecule has 3 aromatic carbocycles. The smallest absolute Gasteiger partial charge is 0.246 e. The number of nitrogens with zero attached hydrogens (tertiary/aromatic N) is 2. The van der Waals surface area contributed by atoms with Gasteiger partial charge in [-0.15, -0.1) is 0 Å². The summed E-state index contributed by atoms with van der Waals surface area (Å²) < 4.78 is 46.1. The zero-order valence-electron chi connectivity index (χ0n) is 23.0. The fourth-order valence-corrected chi connectivity index (χ4v) is 7.07. The minimum absolute atomic E-state index is 0.0481. The molecule has 1 saturated heterocycles. The summed E-state index contributed by atoms with van der Waals surface area (Å²) >= 11 is 6.31. The molecule has 0 radical (unpaired) electrons. The quantitative estimate of drug-likeness (QED) is 0.305. The van der Waals surface area contributed by atoms with Crippen LogP contribution in [0.2, 0.25) is 5.02 Å². The van der Waals surface area contributed by atoms with Crippen LogP contribution in [0, 0.1) is 5.41 Å². The molecule has 214 valence electrons. The maximum atomic E-state index is 14.0. The van der Waals surface area contributed by atoms with E-state index in [2.05, 4.69) is 0 Å². The summed E-state index contributed by atoms with van der Waals surface area (Å²) in [5, 5.41) is 0.162. The number of rotatable bonds is 11. The minimum atomic E-state index is -4.02. The highest BCUT2D eigenvalue weighted by Crippen LogP contribution is 2.41. The van der Waals surface area contributed by atoms with Gasteiger partial charge in [0.1, 0.15) is 22.1 Å². The van der Waals surface area contributed by atoms with Crippen LogP contribution in [0.5, 0.6) is 17.2 Å². The number of methoxy groups -OCH3 is 2. The number of carbonyl (C=O) groups is 1. The molecule has 8 nitrogen and oxygen atoms in total. The van der Waals surface area contributed by atoms with E-state index in [0.29, 0.717) is 37.4 Å². The topological polar surface area (TPSA) is 85.4 Å². The van der Waals surface area contributed by atoms with Crippen LogP contribution in [-0.4, -0.2) is 64.5 Å². The number of benzene rings is 3. The van der Waals surface area contributed by atoms with E-state index in [9.17, 15) is 13.2 Å². The van der Waals surface area contributed by atoms with Crippen LogP contribution in [0.4, 0.5) is 0 Å². The number of halogens is 1. The lowest BCUT2D eigenvalue weighted by Crippen LogP contribution is -2.50. The second kappa shape index (κ2) is 12.9. The first-order valence-corrected chi connectivity index (χ1v) is 14.9. The lowest BCUT2D eigenvalue weighted by Gasteiger charge is -2.42. The van der Waals surface area contributed by atoms with Crippen molar-refractivity contribution in [2.45, 2.75) is 30.7 Å². The van der Waals surface area contributed by atoms with Crippen LogP contribution in [0.3, 0.4) is 0 Å². The Labute approximate surface area is 241 Å². The Morgan fingerprint density at radius 2 is 1.65 bits per heavy atom. The highest BCUT2D eigenvalue weighted by Gasteiger charge is 2.43. The molecular weight excluding hydrogens is 552 g/mol. The van der Waals surface area contributed by atoms with Gasteiger partial charge in [-0.25, -0.2) is 8.42 Å². The first kappa shape index (κ1) is 29.7. The average molecular weight is 587 g/mol. The van der Waals surface area contributed by atoms with Crippen LogP contribution in [0.25, 0.3) is 0 Å². The van der Waals surface area contributed by atoms with Crippen molar-refractivity contribution in [2.24, 2.45) is 5.41 Å². The Kier molecular flexibility index (Phi) is 9.60. The summed E-state index contributed by atoms with van der Waals surface area (Å²) in [6.07, 6.45) is 1.34. The second-order valence-electron chi connectivity index (χ2n) is 10.1. The first-order chi connectivity index (χ1) is 19.2. The summed E-state index contributed by atoms with van der Waals surface area (Å²) in [7, 11) is 0.594. The van der Waals surface area contributed by atoms with Crippen LogP contribution >= 0.6 is 11.6 Å². The standard InChI is InChI=1S/C30H35ClN2O6S/c1-32(20-23-11-6-4-7-12-23)29(34)19-30(22-39-24-13-8-5-9-14-24)15-10-16-33(21-30)40(35,36)28-17-25(31)26(37-2)18-27(28)38-3/h4-9,11-14,17-18H,10,15-16,19-22H2,1-3H3/t30-/m0/s1. The van der Waals surface area contributed by atoms with Crippen molar-refractivity contribution in [1.29, 1.82) is 0 Å². The molecule has 0 spiro atoms. The van der Waals surface area contributed by atoms with Crippen LogP contribution < -0.4 is 14.2 Å². The third kappa shape index (κ3) is 6.89. The molecule has 4 rings (SSSR count). The molecule has 40 heavy (non-hydrogen) atoms. The third-order valence-electron chi connectivity index (χ3n) is 7.19. The summed E-state index contributed by atoms with van der Waals surface area (Å²) in [6.45, 7) is 1.06. The van der Waals surface area contributed by atoms with Crippen molar-refractivity contribution in [3.8, 4) is 17.2 Å². The van der Waals surface area contributed by atoms with Gasteiger partial charge in [0.2, 0.25) is 15.9 Å². The molecule has 1 fully saturated rings. The molecule has 0 N–H and O–H groups in total. The molecule has 1 atom stereocenters. The zero-order chi connectivity index (χ0) is 28.8. The largest absolute Gasteiger partial charge is 0.495 e.